The topological polar surface area (TPSA) is 27.1 Å². The van der Waals surface area contributed by atoms with Crippen LogP contribution < -0.4 is 4.74 Å². The van der Waals surface area contributed by atoms with Crippen LogP contribution in [0.1, 0.15) is 57.8 Å². The van der Waals surface area contributed by atoms with Gasteiger partial charge in [0.15, 0.2) is 0 Å². The smallest absolute Gasteiger partial charge is 0.125 e. The van der Waals surface area contributed by atoms with Gasteiger partial charge in [-0.3, -0.25) is 0 Å². The summed E-state index contributed by atoms with van der Waals surface area (Å²) in [4.78, 5) is 4.65. The highest BCUT2D eigenvalue weighted by atomic mass is 35.5. The molecule has 3 nitrogen and oxygen atoms in total. The third-order valence-electron chi connectivity index (χ3n) is 4.01. The zero-order chi connectivity index (χ0) is 15.2. The molecule has 0 aliphatic heterocycles. The predicted octanol–water partition coefficient (Wildman–Crippen LogP) is 5.32. The Morgan fingerprint density at radius 3 is 2.76 bits per heavy atom. The highest BCUT2D eigenvalue weighted by Crippen LogP contribution is 2.28. The van der Waals surface area contributed by atoms with Crippen LogP contribution in [-0.2, 0) is 5.88 Å². The van der Waals surface area contributed by atoms with Gasteiger partial charge in [-0.2, -0.15) is 0 Å². The molecule has 0 fully saturated rings. The lowest BCUT2D eigenvalue weighted by atomic mass is 10.1. The number of rotatable bonds is 8. The number of unbranched alkanes of at least 4 members (excludes halogenated alkanes) is 3. The molecule has 4 heteroatoms. The molecule has 0 saturated carbocycles. The summed E-state index contributed by atoms with van der Waals surface area (Å²) >= 11 is 6.09. The molecule has 1 aromatic carbocycles. The molecule has 2 rings (SSSR count). The molecule has 0 amide bonds. The summed E-state index contributed by atoms with van der Waals surface area (Å²) in [5.41, 5.74) is 2.11. The van der Waals surface area contributed by atoms with E-state index in [9.17, 15) is 0 Å². The van der Waals surface area contributed by atoms with Crippen LogP contribution in [0.15, 0.2) is 18.2 Å². The Balaban J connectivity index is 2.26. The average Bonchev–Trinajstić information content (AvgIpc) is 2.88. The summed E-state index contributed by atoms with van der Waals surface area (Å²) < 4.78 is 7.61. The molecule has 1 heterocycles. The van der Waals surface area contributed by atoms with Gasteiger partial charge in [0.2, 0.25) is 0 Å². The van der Waals surface area contributed by atoms with Crippen molar-refractivity contribution < 1.29 is 4.74 Å². The first-order valence-corrected chi connectivity index (χ1v) is 8.35. The highest BCUT2D eigenvalue weighted by Gasteiger charge is 2.15. The lowest BCUT2D eigenvalue weighted by Crippen LogP contribution is -2.08. The van der Waals surface area contributed by atoms with Crippen molar-refractivity contribution in [1.82, 2.24) is 9.55 Å². The number of halogens is 1. The zero-order valence-electron chi connectivity index (χ0n) is 13.2. The Labute approximate surface area is 132 Å². The first-order valence-electron chi connectivity index (χ1n) is 7.82. The minimum absolute atomic E-state index is 0.410. The third kappa shape index (κ3) is 3.70. The van der Waals surface area contributed by atoms with Crippen LogP contribution in [0.3, 0.4) is 0 Å². The first kappa shape index (κ1) is 16.2. The van der Waals surface area contributed by atoms with E-state index in [4.69, 9.17) is 16.3 Å². The van der Waals surface area contributed by atoms with Gasteiger partial charge in [-0.05, 0) is 25.5 Å². The summed E-state index contributed by atoms with van der Waals surface area (Å²) in [6.45, 7) is 4.49. The Hall–Kier alpha value is -1.22. The molecule has 1 aromatic heterocycles. The minimum atomic E-state index is 0.410. The maximum Gasteiger partial charge on any atom is 0.125 e. The van der Waals surface area contributed by atoms with Crippen molar-refractivity contribution in [3.05, 3.63) is 24.0 Å². The molecule has 0 saturated heterocycles. The van der Waals surface area contributed by atoms with Crippen molar-refractivity contribution >= 4 is 22.6 Å². The molecule has 0 aliphatic rings. The molecule has 0 spiro atoms. The van der Waals surface area contributed by atoms with Gasteiger partial charge in [-0.25, -0.2) is 4.98 Å². The van der Waals surface area contributed by atoms with Crippen LogP contribution in [0.5, 0.6) is 5.75 Å². The Morgan fingerprint density at radius 2 is 2.10 bits per heavy atom. The number of imidazole rings is 1. The third-order valence-corrected chi connectivity index (χ3v) is 4.24. The number of hydrogen-bond acceptors (Lipinski definition) is 2. The summed E-state index contributed by atoms with van der Waals surface area (Å²) in [5, 5.41) is 0. The monoisotopic (exact) mass is 308 g/mol. The number of nitrogens with zero attached hydrogens (tertiary/aromatic N) is 2. The maximum absolute atomic E-state index is 6.09. The molecular weight excluding hydrogens is 284 g/mol. The quantitative estimate of drug-likeness (QED) is 0.488. The fourth-order valence-corrected chi connectivity index (χ4v) is 3.02. The molecule has 116 valence electrons. The van der Waals surface area contributed by atoms with Crippen LogP contribution in [-0.4, -0.2) is 16.7 Å². The van der Waals surface area contributed by atoms with Crippen molar-refractivity contribution in [2.45, 2.75) is 57.9 Å². The van der Waals surface area contributed by atoms with Crippen molar-refractivity contribution in [2.24, 2.45) is 0 Å². The Bertz CT molecular complexity index is 579. The predicted molar refractivity (Wildman–Crippen MR) is 89.3 cm³/mol. The fraction of sp³-hybridized carbons (Fsp3) is 0.588. The van der Waals surface area contributed by atoms with E-state index < -0.39 is 0 Å². The number of benzene rings is 1. The molecule has 0 radical (unpaired) electrons. The van der Waals surface area contributed by atoms with E-state index in [1.165, 1.54) is 25.7 Å². The largest absolute Gasteiger partial charge is 0.497 e. The molecule has 1 atom stereocenters. The highest BCUT2D eigenvalue weighted by molar-refractivity contribution is 6.16. The van der Waals surface area contributed by atoms with Crippen LogP contribution in [0, 0.1) is 0 Å². The van der Waals surface area contributed by atoms with E-state index in [2.05, 4.69) is 29.5 Å². The molecule has 21 heavy (non-hydrogen) atoms. The second-order valence-corrected chi connectivity index (χ2v) is 5.85. The van der Waals surface area contributed by atoms with Gasteiger partial charge < -0.3 is 9.30 Å². The number of aromatic nitrogens is 2. The van der Waals surface area contributed by atoms with Crippen LogP contribution in [0.25, 0.3) is 11.0 Å². The Morgan fingerprint density at radius 1 is 1.29 bits per heavy atom. The number of fused-ring (bicyclic) bond motifs is 1. The van der Waals surface area contributed by atoms with Gasteiger partial charge in [-0.1, -0.05) is 32.6 Å². The molecule has 2 aromatic rings. The minimum Gasteiger partial charge on any atom is -0.497 e. The number of ether oxygens (including phenoxy) is 1. The van der Waals surface area contributed by atoms with Gasteiger partial charge in [-0.15, -0.1) is 11.6 Å². The fourth-order valence-electron chi connectivity index (χ4n) is 2.83. The zero-order valence-corrected chi connectivity index (χ0v) is 14.0. The van der Waals surface area contributed by atoms with Gasteiger partial charge in [0.05, 0.1) is 24.0 Å². The van der Waals surface area contributed by atoms with E-state index in [0.29, 0.717) is 11.9 Å². The average molecular weight is 309 g/mol. The summed E-state index contributed by atoms with van der Waals surface area (Å²) in [6.07, 6.45) is 6.29. The number of hydrogen-bond donors (Lipinski definition) is 0. The summed E-state index contributed by atoms with van der Waals surface area (Å²) in [7, 11) is 1.69. The van der Waals surface area contributed by atoms with Crippen LogP contribution in [0.4, 0.5) is 0 Å². The molecule has 1 unspecified atom stereocenters. The second-order valence-electron chi connectivity index (χ2n) is 5.58. The lowest BCUT2D eigenvalue weighted by molar-refractivity contribution is 0.414. The van der Waals surface area contributed by atoms with Crippen molar-refractivity contribution in [3.8, 4) is 5.75 Å². The van der Waals surface area contributed by atoms with Crippen LogP contribution in [0.2, 0.25) is 0 Å². The molecule has 0 aliphatic carbocycles. The van der Waals surface area contributed by atoms with Gasteiger partial charge in [0, 0.05) is 12.1 Å². The van der Waals surface area contributed by atoms with E-state index >= 15 is 0 Å². The summed E-state index contributed by atoms with van der Waals surface area (Å²) in [5.74, 6) is 2.25. The second kappa shape index (κ2) is 7.69. The number of alkyl halides is 1. The van der Waals surface area contributed by atoms with Gasteiger partial charge in [0.25, 0.3) is 0 Å². The normalized spacial score (nSPS) is 12.8. The molecular formula is C17H25ClN2O. The summed E-state index contributed by atoms with van der Waals surface area (Å²) in [6, 6.07) is 6.42. The van der Waals surface area contributed by atoms with Gasteiger partial charge in [0.1, 0.15) is 11.6 Å². The standard InChI is InChI=1S/C17H25ClN2O/c1-4-5-6-7-8-13(2)20-16-11-14(21-3)9-10-15(16)19-17(20)12-18/h9-11,13H,4-8,12H2,1-3H3. The molecule has 0 bridgehead atoms. The van der Waals surface area contributed by atoms with E-state index in [1.54, 1.807) is 7.11 Å². The van der Waals surface area contributed by atoms with E-state index in [0.717, 1.165) is 29.0 Å². The van der Waals surface area contributed by atoms with Gasteiger partial charge >= 0.3 is 0 Å². The van der Waals surface area contributed by atoms with Crippen molar-refractivity contribution in [1.29, 1.82) is 0 Å². The van der Waals surface area contributed by atoms with Crippen LogP contribution >= 0.6 is 11.6 Å². The maximum atomic E-state index is 6.09. The lowest BCUT2D eigenvalue weighted by Gasteiger charge is -2.17. The first-order chi connectivity index (χ1) is 10.2. The number of methoxy groups -OCH3 is 1. The van der Waals surface area contributed by atoms with E-state index in [1.807, 2.05) is 12.1 Å². The van der Waals surface area contributed by atoms with E-state index in [-0.39, 0.29) is 0 Å². The van der Waals surface area contributed by atoms with Crippen molar-refractivity contribution in [2.75, 3.05) is 7.11 Å². The Kier molecular flexibility index (Phi) is 5.92. The van der Waals surface area contributed by atoms with Crippen molar-refractivity contribution in [3.63, 3.8) is 0 Å². The SMILES string of the molecule is CCCCCCC(C)n1c(CCl)nc2ccc(OC)cc21. The molecule has 0 N–H and O–H groups in total.